The van der Waals surface area contributed by atoms with E-state index in [-0.39, 0.29) is 12.5 Å². The number of para-hydroxylation sites is 1. The van der Waals surface area contributed by atoms with Crippen molar-refractivity contribution in [2.75, 3.05) is 0 Å². The number of nitrogens with zero attached hydrogens (tertiary/aromatic N) is 4. The molecule has 24 heavy (non-hydrogen) atoms. The third kappa shape index (κ3) is 2.78. The lowest BCUT2D eigenvalue weighted by atomic mass is 9.90. The Morgan fingerprint density at radius 2 is 1.96 bits per heavy atom. The van der Waals surface area contributed by atoms with Gasteiger partial charge in [-0.2, -0.15) is 5.10 Å². The summed E-state index contributed by atoms with van der Waals surface area (Å²) in [5.74, 6) is -0.207. The maximum Gasteiger partial charge on any atom is 0.261 e. The van der Waals surface area contributed by atoms with Crippen LogP contribution in [0.1, 0.15) is 24.0 Å². The van der Waals surface area contributed by atoms with Crippen molar-refractivity contribution in [3.8, 4) is 0 Å². The van der Waals surface area contributed by atoms with Gasteiger partial charge < -0.3 is 0 Å². The van der Waals surface area contributed by atoms with Crippen LogP contribution in [0.3, 0.4) is 0 Å². The van der Waals surface area contributed by atoms with Crippen molar-refractivity contribution in [2.45, 2.75) is 25.8 Å². The van der Waals surface area contributed by atoms with E-state index in [1.807, 2.05) is 36.4 Å². The summed E-state index contributed by atoms with van der Waals surface area (Å²) in [7, 11) is 0. The molecule has 4 rings (SSSR count). The Kier molecular flexibility index (Phi) is 3.78. The van der Waals surface area contributed by atoms with Crippen molar-refractivity contribution in [1.29, 1.82) is 0 Å². The predicted molar refractivity (Wildman–Crippen MR) is 91.6 cm³/mol. The maximum absolute atomic E-state index is 12.2. The summed E-state index contributed by atoms with van der Waals surface area (Å²) in [5.41, 5.74) is 7.63. The van der Waals surface area contributed by atoms with Gasteiger partial charge in [0.1, 0.15) is 12.1 Å². The second-order valence-corrected chi connectivity index (χ2v) is 5.84. The van der Waals surface area contributed by atoms with E-state index < -0.39 is 0 Å². The minimum Gasteiger partial charge on any atom is -0.271 e. The van der Waals surface area contributed by atoms with E-state index >= 15 is 0 Å². The molecule has 0 saturated heterocycles. The fourth-order valence-corrected chi connectivity index (χ4v) is 3.05. The van der Waals surface area contributed by atoms with E-state index in [0.717, 1.165) is 41.6 Å². The molecule has 0 unspecified atom stereocenters. The molecule has 0 fully saturated rings. The lowest BCUT2D eigenvalue weighted by Crippen LogP contribution is -2.26. The van der Waals surface area contributed by atoms with Gasteiger partial charge in [-0.3, -0.25) is 4.79 Å². The van der Waals surface area contributed by atoms with Crippen LogP contribution in [0.15, 0.2) is 53.6 Å². The molecule has 1 aliphatic carbocycles. The van der Waals surface area contributed by atoms with Crippen molar-refractivity contribution >= 4 is 22.7 Å². The Bertz CT molecular complexity index is 928. The fraction of sp³-hybridized carbons (Fsp3) is 0.222. The molecule has 0 radical (unpaired) electrons. The summed E-state index contributed by atoms with van der Waals surface area (Å²) >= 11 is 0. The van der Waals surface area contributed by atoms with E-state index in [4.69, 9.17) is 0 Å². The van der Waals surface area contributed by atoms with Gasteiger partial charge in [-0.05, 0) is 37.0 Å². The van der Waals surface area contributed by atoms with Crippen molar-refractivity contribution in [1.82, 2.24) is 20.4 Å². The molecule has 0 atom stereocenters. The normalized spacial score (nSPS) is 15.4. The largest absolute Gasteiger partial charge is 0.271 e. The molecule has 3 aromatic rings. The van der Waals surface area contributed by atoms with Crippen LogP contribution in [0.25, 0.3) is 11.0 Å². The second kappa shape index (κ2) is 6.23. The smallest absolute Gasteiger partial charge is 0.261 e. The number of hydrogen-bond acceptors (Lipinski definition) is 4. The standard InChI is InChI=1S/C18H17N5O/c24-18(12-23-17-11-4-3-9-16(17)20-22-23)21-19-15-10-5-7-13-6-1-2-8-14(13)15/h1-4,6,8-9,11H,5,7,10,12H2,(H,21,24). The van der Waals surface area contributed by atoms with Crippen LogP contribution in [-0.4, -0.2) is 26.6 Å². The highest BCUT2D eigenvalue weighted by atomic mass is 16.2. The number of aromatic nitrogens is 3. The number of rotatable bonds is 3. The Morgan fingerprint density at radius 3 is 2.92 bits per heavy atom. The van der Waals surface area contributed by atoms with Crippen LogP contribution in [0, 0.1) is 0 Å². The van der Waals surface area contributed by atoms with Gasteiger partial charge in [0.25, 0.3) is 5.91 Å². The molecular weight excluding hydrogens is 302 g/mol. The quantitative estimate of drug-likeness (QED) is 0.753. The molecule has 1 amide bonds. The van der Waals surface area contributed by atoms with Crippen molar-refractivity contribution in [3.05, 3.63) is 59.7 Å². The minimum absolute atomic E-state index is 0.0962. The molecule has 1 aliphatic rings. The molecule has 0 spiro atoms. The summed E-state index contributed by atoms with van der Waals surface area (Å²) in [6.45, 7) is 0.0962. The molecule has 120 valence electrons. The summed E-state index contributed by atoms with van der Waals surface area (Å²) in [6.07, 6.45) is 3.00. The van der Waals surface area contributed by atoms with Crippen molar-refractivity contribution < 1.29 is 4.79 Å². The Labute approximate surface area is 139 Å². The van der Waals surface area contributed by atoms with E-state index in [1.165, 1.54) is 5.56 Å². The molecule has 2 aromatic carbocycles. The van der Waals surface area contributed by atoms with Gasteiger partial charge >= 0.3 is 0 Å². The zero-order chi connectivity index (χ0) is 16.4. The third-order valence-corrected chi connectivity index (χ3v) is 4.22. The second-order valence-electron chi connectivity index (χ2n) is 5.84. The first-order valence-electron chi connectivity index (χ1n) is 8.03. The Balaban J connectivity index is 1.49. The topological polar surface area (TPSA) is 72.2 Å². The molecule has 6 nitrogen and oxygen atoms in total. The molecule has 1 N–H and O–H groups in total. The number of carbonyl (C=O) groups excluding carboxylic acids is 1. The van der Waals surface area contributed by atoms with Crippen LogP contribution in [-0.2, 0) is 17.8 Å². The van der Waals surface area contributed by atoms with Crippen LogP contribution in [0.4, 0.5) is 0 Å². The van der Waals surface area contributed by atoms with Crippen LogP contribution >= 0.6 is 0 Å². The first-order valence-corrected chi connectivity index (χ1v) is 8.03. The summed E-state index contributed by atoms with van der Waals surface area (Å²) in [4.78, 5) is 12.2. The van der Waals surface area contributed by atoms with Crippen LogP contribution in [0.5, 0.6) is 0 Å². The predicted octanol–water partition coefficient (Wildman–Crippen LogP) is 2.29. The van der Waals surface area contributed by atoms with Crippen LogP contribution < -0.4 is 5.43 Å². The number of aryl methyl sites for hydroxylation is 1. The number of hydrogen-bond donors (Lipinski definition) is 1. The van der Waals surface area contributed by atoms with Gasteiger partial charge in [-0.1, -0.05) is 41.6 Å². The van der Waals surface area contributed by atoms with Gasteiger partial charge in [0.05, 0.1) is 11.2 Å². The first-order chi connectivity index (χ1) is 11.8. The summed E-state index contributed by atoms with van der Waals surface area (Å²) < 4.78 is 1.58. The van der Waals surface area contributed by atoms with E-state index in [9.17, 15) is 4.79 Å². The average molecular weight is 319 g/mol. The van der Waals surface area contributed by atoms with E-state index in [1.54, 1.807) is 4.68 Å². The summed E-state index contributed by atoms with van der Waals surface area (Å²) in [5, 5.41) is 12.4. The number of carbonyl (C=O) groups is 1. The van der Waals surface area contributed by atoms with Gasteiger partial charge in [0.15, 0.2) is 0 Å². The highest BCUT2D eigenvalue weighted by Gasteiger charge is 2.15. The highest BCUT2D eigenvalue weighted by molar-refractivity contribution is 6.03. The molecule has 0 saturated carbocycles. The van der Waals surface area contributed by atoms with Gasteiger partial charge in [0, 0.05) is 5.56 Å². The average Bonchev–Trinajstić information content (AvgIpc) is 3.03. The third-order valence-electron chi connectivity index (χ3n) is 4.22. The SMILES string of the molecule is O=C(Cn1nnc2ccccc21)NN=C1CCCc2ccccc21. The van der Waals surface area contributed by atoms with Gasteiger partial charge in [0.2, 0.25) is 0 Å². The maximum atomic E-state index is 12.2. The lowest BCUT2D eigenvalue weighted by molar-refractivity contribution is -0.121. The molecule has 1 heterocycles. The van der Waals surface area contributed by atoms with E-state index in [2.05, 4.69) is 33.0 Å². The number of amides is 1. The van der Waals surface area contributed by atoms with Crippen LogP contribution in [0.2, 0.25) is 0 Å². The van der Waals surface area contributed by atoms with Crippen molar-refractivity contribution in [2.24, 2.45) is 5.10 Å². The molecule has 6 heteroatoms. The summed E-state index contributed by atoms with van der Waals surface area (Å²) in [6, 6.07) is 15.8. The first kappa shape index (κ1) is 14.6. The monoisotopic (exact) mass is 319 g/mol. The van der Waals surface area contributed by atoms with E-state index in [0.29, 0.717) is 0 Å². The zero-order valence-electron chi connectivity index (χ0n) is 13.1. The fourth-order valence-electron chi connectivity index (χ4n) is 3.05. The van der Waals surface area contributed by atoms with Gasteiger partial charge in [-0.15, -0.1) is 5.10 Å². The molecular formula is C18H17N5O. The lowest BCUT2D eigenvalue weighted by Gasteiger charge is -2.17. The molecule has 1 aromatic heterocycles. The number of fused-ring (bicyclic) bond motifs is 2. The molecule has 0 aliphatic heterocycles. The number of benzene rings is 2. The Morgan fingerprint density at radius 1 is 1.12 bits per heavy atom. The number of nitrogens with one attached hydrogen (secondary N) is 1. The number of hydrazone groups is 1. The van der Waals surface area contributed by atoms with Crippen molar-refractivity contribution in [3.63, 3.8) is 0 Å². The minimum atomic E-state index is -0.207. The highest BCUT2D eigenvalue weighted by Crippen LogP contribution is 2.21. The molecule has 0 bridgehead atoms. The van der Waals surface area contributed by atoms with Gasteiger partial charge in [-0.25, -0.2) is 10.1 Å². The Hall–Kier alpha value is -3.02. The zero-order valence-corrected chi connectivity index (χ0v) is 13.1.